The second-order valence-corrected chi connectivity index (χ2v) is 1.84. The Balaban J connectivity index is 3.08. The van der Waals surface area contributed by atoms with Crippen molar-refractivity contribution in [2.24, 2.45) is 0 Å². The predicted octanol–water partition coefficient (Wildman–Crippen LogP) is 1.78. The van der Waals surface area contributed by atoms with Gasteiger partial charge in [-0.25, -0.2) is 0 Å². The third-order valence-corrected chi connectivity index (χ3v) is 0.686. The summed E-state index contributed by atoms with van der Waals surface area (Å²) in [7, 11) is 1.64. The molecule has 0 radical (unpaired) electrons. The lowest BCUT2D eigenvalue weighted by Crippen LogP contribution is -1.79. The monoisotopic (exact) mass is 120 g/mol. The second-order valence-electron chi connectivity index (χ2n) is 1.25. The molecule has 0 aliphatic heterocycles. The van der Waals surface area contributed by atoms with Crippen LogP contribution in [0.5, 0.6) is 0 Å². The highest BCUT2D eigenvalue weighted by molar-refractivity contribution is 6.29. The zero-order valence-electron chi connectivity index (χ0n) is 4.57. The van der Waals surface area contributed by atoms with Gasteiger partial charge in [-0.2, -0.15) is 0 Å². The van der Waals surface area contributed by atoms with Crippen LogP contribution < -0.4 is 0 Å². The molecule has 0 spiro atoms. The minimum absolute atomic E-state index is 0.606. The van der Waals surface area contributed by atoms with E-state index in [0.29, 0.717) is 6.61 Å². The van der Waals surface area contributed by atoms with E-state index in [1.807, 2.05) is 13.0 Å². The highest BCUT2D eigenvalue weighted by atomic mass is 35.5. The zero-order valence-corrected chi connectivity index (χ0v) is 5.33. The molecule has 2 heteroatoms. The van der Waals surface area contributed by atoms with Crippen LogP contribution in [0.1, 0.15) is 6.92 Å². The number of allylic oxidation sites excluding steroid dienone is 1. The fraction of sp³-hybridized carbons (Fsp3) is 0.600. The third-order valence-electron chi connectivity index (χ3n) is 0.531. The molecule has 0 saturated heterocycles. The Kier molecular flexibility index (Phi) is 4.15. The topological polar surface area (TPSA) is 9.23 Å². The fourth-order valence-electron chi connectivity index (χ4n) is 0.198. The van der Waals surface area contributed by atoms with Crippen molar-refractivity contribution in [1.29, 1.82) is 0 Å². The summed E-state index contributed by atoms with van der Waals surface area (Å²) in [4.78, 5) is 0. The molecule has 0 rings (SSSR count). The van der Waals surface area contributed by atoms with Crippen LogP contribution in [-0.4, -0.2) is 13.7 Å². The highest BCUT2D eigenvalue weighted by Gasteiger charge is 1.74. The molecular weight excluding hydrogens is 112 g/mol. The van der Waals surface area contributed by atoms with Crippen molar-refractivity contribution in [3.05, 3.63) is 11.1 Å². The van der Waals surface area contributed by atoms with E-state index in [4.69, 9.17) is 16.3 Å². The van der Waals surface area contributed by atoms with Crippen LogP contribution in [0.15, 0.2) is 11.1 Å². The molecule has 1 nitrogen and oxygen atoms in total. The Morgan fingerprint density at radius 1 is 1.86 bits per heavy atom. The maximum atomic E-state index is 5.44. The summed E-state index contributed by atoms with van der Waals surface area (Å²) >= 11 is 5.44. The molecule has 0 amide bonds. The van der Waals surface area contributed by atoms with Crippen molar-refractivity contribution in [2.75, 3.05) is 13.7 Å². The van der Waals surface area contributed by atoms with Crippen LogP contribution >= 0.6 is 11.6 Å². The minimum atomic E-state index is 0.606. The Labute approximate surface area is 48.9 Å². The first kappa shape index (κ1) is 6.99. The first-order chi connectivity index (χ1) is 3.27. The number of hydrogen-bond donors (Lipinski definition) is 0. The Morgan fingerprint density at radius 3 is 2.57 bits per heavy atom. The van der Waals surface area contributed by atoms with Crippen molar-refractivity contribution in [3.8, 4) is 0 Å². The average molecular weight is 121 g/mol. The number of hydrogen-bond acceptors (Lipinski definition) is 1. The van der Waals surface area contributed by atoms with Gasteiger partial charge in [0.05, 0.1) is 6.61 Å². The van der Waals surface area contributed by atoms with E-state index in [1.54, 1.807) is 7.11 Å². The summed E-state index contributed by atoms with van der Waals surface area (Å²) < 4.78 is 4.69. The summed E-state index contributed by atoms with van der Waals surface area (Å²) in [6.07, 6.45) is 1.81. The van der Waals surface area contributed by atoms with Gasteiger partial charge in [0.15, 0.2) is 0 Å². The van der Waals surface area contributed by atoms with Crippen LogP contribution in [0.3, 0.4) is 0 Å². The van der Waals surface area contributed by atoms with E-state index < -0.39 is 0 Å². The smallest absolute Gasteiger partial charge is 0.0657 e. The van der Waals surface area contributed by atoms with E-state index >= 15 is 0 Å². The zero-order chi connectivity index (χ0) is 5.70. The lowest BCUT2D eigenvalue weighted by atomic mass is 10.5. The molecule has 0 bridgehead atoms. The van der Waals surface area contributed by atoms with Crippen molar-refractivity contribution in [3.63, 3.8) is 0 Å². The lowest BCUT2D eigenvalue weighted by Gasteiger charge is -1.86. The molecular formula is C5H9ClO. The molecule has 0 N–H and O–H groups in total. The van der Waals surface area contributed by atoms with Crippen molar-refractivity contribution in [2.45, 2.75) is 6.92 Å². The molecule has 0 fully saturated rings. The molecule has 0 aromatic carbocycles. The summed E-state index contributed by atoms with van der Waals surface area (Å²) in [6, 6.07) is 0. The van der Waals surface area contributed by atoms with E-state index in [2.05, 4.69) is 0 Å². The molecule has 0 aromatic heterocycles. The van der Waals surface area contributed by atoms with Gasteiger partial charge in [-0.1, -0.05) is 11.6 Å². The van der Waals surface area contributed by atoms with Gasteiger partial charge >= 0.3 is 0 Å². The van der Waals surface area contributed by atoms with Gasteiger partial charge in [0.25, 0.3) is 0 Å². The summed E-state index contributed by atoms with van der Waals surface area (Å²) in [5, 5.41) is 0.779. The van der Waals surface area contributed by atoms with Gasteiger partial charge in [0.1, 0.15) is 0 Å². The molecule has 0 heterocycles. The first-order valence-electron chi connectivity index (χ1n) is 2.08. The van der Waals surface area contributed by atoms with E-state index in [-0.39, 0.29) is 0 Å². The molecule has 42 valence electrons. The van der Waals surface area contributed by atoms with Gasteiger partial charge < -0.3 is 4.74 Å². The van der Waals surface area contributed by atoms with Crippen molar-refractivity contribution >= 4 is 11.6 Å². The Morgan fingerprint density at radius 2 is 2.43 bits per heavy atom. The molecule has 0 aromatic rings. The van der Waals surface area contributed by atoms with Gasteiger partial charge in [0.2, 0.25) is 0 Å². The summed E-state index contributed by atoms with van der Waals surface area (Å²) in [5.41, 5.74) is 0. The van der Waals surface area contributed by atoms with Gasteiger partial charge in [0, 0.05) is 12.1 Å². The van der Waals surface area contributed by atoms with E-state index in [9.17, 15) is 0 Å². The van der Waals surface area contributed by atoms with Crippen LogP contribution in [-0.2, 0) is 4.74 Å². The van der Waals surface area contributed by atoms with Crippen LogP contribution in [0, 0.1) is 0 Å². The Hall–Kier alpha value is -0.0100. The van der Waals surface area contributed by atoms with Crippen LogP contribution in [0.2, 0.25) is 0 Å². The first-order valence-corrected chi connectivity index (χ1v) is 2.46. The number of ether oxygens (including phenoxy) is 1. The largest absolute Gasteiger partial charge is 0.381 e. The number of methoxy groups -OCH3 is 1. The van der Waals surface area contributed by atoms with E-state index in [1.165, 1.54) is 0 Å². The molecule has 0 saturated carbocycles. The highest BCUT2D eigenvalue weighted by Crippen LogP contribution is 1.95. The third kappa shape index (κ3) is 5.99. The lowest BCUT2D eigenvalue weighted by molar-refractivity contribution is 0.233. The van der Waals surface area contributed by atoms with Gasteiger partial charge in [-0.3, -0.25) is 0 Å². The van der Waals surface area contributed by atoms with Crippen LogP contribution in [0.4, 0.5) is 0 Å². The molecule has 7 heavy (non-hydrogen) atoms. The number of rotatable bonds is 2. The summed E-state index contributed by atoms with van der Waals surface area (Å²) in [5.74, 6) is 0. The van der Waals surface area contributed by atoms with Gasteiger partial charge in [-0.15, -0.1) is 0 Å². The molecule has 0 aliphatic carbocycles. The minimum Gasteiger partial charge on any atom is -0.381 e. The van der Waals surface area contributed by atoms with Crippen LogP contribution in [0.25, 0.3) is 0 Å². The van der Waals surface area contributed by atoms with Crippen molar-refractivity contribution < 1.29 is 4.74 Å². The summed E-state index contributed by atoms with van der Waals surface area (Å²) in [6.45, 7) is 2.43. The predicted molar refractivity (Wildman–Crippen MR) is 31.5 cm³/mol. The number of halogens is 1. The maximum Gasteiger partial charge on any atom is 0.0657 e. The second kappa shape index (κ2) is 4.16. The van der Waals surface area contributed by atoms with Gasteiger partial charge in [-0.05, 0) is 13.0 Å². The van der Waals surface area contributed by atoms with E-state index in [0.717, 1.165) is 5.03 Å². The average Bonchev–Trinajstić information content (AvgIpc) is 1.61. The van der Waals surface area contributed by atoms with Crippen molar-refractivity contribution in [1.82, 2.24) is 0 Å². The SMILES string of the molecule is COCC=C(C)Cl. The maximum absolute atomic E-state index is 5.44. The molecule has 0 aliphatic rings. The quantitative estimate of drug-likeness (QED) is 0.540. The normalized spacial score (nSPS) is 12.1. The Bertz CT molecular complexity index is 64.5. The molecule has 0 atom stereocenters. The standard InChI is InChI=1S/C5H9ClO/c1-5(6)3-4-7-2/h3H,4H2,1-2H3. The molecule has 0 unspecified atom stereocenters. The fourth-order valence-corrected chi connectivity index (χ4v) is 0.261.